The monoisotopic (exact) mass is 753 g/mol. The van der Waals surface area contributed by atoms with Crippen molar-refractivity contribution >= 4 is 63.8 Å². The highest BCUT2D eigenvalue weighted by Crippen LogP contribution is 2.49. The highest BCUT2D eigenvalue weighted by Gasteiger charge is 2.44. The number of rotatable bonds is 15. The van der Waals surface area contributed by atoms with Gasteiger partial charge in [-0.25, -0.2) is 0 Å². The van der Waals surface area contributed by atoms with Crippen molar-refractivity contribution in [1.82, 2.24) is 0 Å². The van der Waals surface area contributed by atoms with Crippen LogP contribution in [0.25, 0.3) is 0 Å². The van der Waals surface area contributed by atoms with Crippen molar-refractivity contribution in [1.29, 1.82) is 0 Å². The van der Waals surface area contributed by atoms with E-state index in [2.05, 4.69) is 73.6 Å². The van der Waals surface area contributed by atoms with E-state index >= 15 is 0 Å². The first kappa shape index (κ1) is 38.9. The van der Waals surface area contributed by atoms with E-state index in [0.29, 0.717) is 41.1 Å². The van der Waals surface area contributed by atoms with Gasteiger partial charge in [0.1, 0.15) is 6.54 Å². The maximum absolute atomic E-state index is 11.0. The average Bonchev–Trinajstić information content (AvgIpc) is 3.40. The number of carboxylic acid groups (broad SMARTS) is 2. The van der Waals surface area contributed by atoms with Crippen LogP contribution in [0.1, 0.15) is 90.2 Å². The maximum Gasteiger partial charge on any atom is 0.303 e. The van der Waals surface area contributed by atoms with E-state index in [4.69, 9.17) is 49.8 Å². The molecule has 0 radical (unpaired) electrons. The van der Waals surface area contributed by atoms with Crippen molar-refractivity contribution in [3.63, 3.8) is 0 Å². The van der Waals surface area contributed by atoms with Gasteiger partial charge in [-0.1, -0.05) is 61.1 Å². The van der Waals surface area contributed by atoms with Gasteiger partial charge in [-0.3, -0.25) is 9.59 Å². The second-order valence-electron chi connectivity index (χ2n) is 14.6. The molecule has 0 aromatic heterocycles. The lowest BCUT2D eigenvalue weighted by atomic mass is 9.81. The van der Waals surface area contributed by atoms with Gasteiger partial charge in [-0.05, 0) is 98.7 Å². The van der Waals surface area contributed by atoms with E-state index in [1.807, 2.05) is 24.3 Å². The number of ether oxygens (including phenoxy) is 1. The Labute approximate surface area is 316 Å². The quantitative estimate of drug-likeness (QED) is 0.139. The Hall–Kier alpha value is -3.36. The van der Waals surface area contributed by atoms with Crippen molar-refractivity contribution < 1.29 is 29.1 Å². The molecule has 10 heteroatoms. The van der Waals surface area contributed by atoms with Crippen LogP contribution >= 0.6 is 34.8 Å². The summed E-state index contributed by atoms with van der Waals surface area (Å²) in [6.07, 6.45) is 13.4. The van der Waals surface area contributed by atoms with Crippen molar-refractivity contribution in [2.45, 2.75) is 89.9 Å². The number of halogens is 3. The highest BCUT2D eigenvalue weighted by molar-refractivity contribution is 6.33. The summed E-state index contributed by atoms with van der Waals surface area (Å²) in [7, 11) is 0. The van der Waals surface area contributed by atoms with Crippen molar-refractivity contribution in [2.24, 2.45) is 0 Å². The van der Waals surface area contributed by atoms with Crippen LogP contribution in [0, 0.1) is 0 Å². The second-order valence-corrected chi connectivity index (χ2v) is 15.8. The summed E-state index contributed by atoms with van der Waals surface area (Å²) in [5.74, 6) is -1.53. The van der Waals surface area contributed by atoms with Gasteiger partial charge in [0, 0.05) is 70.4 Å². The fraction of sp³-hybridized carbons (Fsp3) is 0.439. The van der Waals surface area contributed by atoms with Crippen LogP contribution in [-0.4, -0.2) is 58.7 Å². The second kappa shape index (κ2) is 16.5. The van der Waals surface area contributed by atoms with Crippen molar-refractivity contribution in [3.8, 4) is 0 Å². The molecule has 51 heavy (non-hydrogen) atoms. The minimum absolute atomic E-state index is 0.179. The van der Waals surface area contributed by atoms with E-state index < -0.39 is 11.9 Å². The Kier molecular flexibility index (Phi) is 12.6. The lowest BCUT2D eigenvalue weighted by Gasteiger charge is -2.27. The van der Waals surface area contributed by atoms with Crippen LogP contribution in [0.5, 0.6) is 0 Å². The van der Waals surface area contributed by atoms with E-state index in [0.717, 1.165) is 83.8 Å². The van der Waals surface area contributed by atoms with Crippen molar-refractivity contribution in [2.75, 3.05) is 31.2 Å². The average molecular weight is 755 g/mol. The molecule has 3 heterocycles. The number of carbonyl (C=O) groups is 2. The van der Waals surface area contributed by atoms with Gasteiger partial charge in [-0.2, -0.15) is 4.58 Å². The predicted octanol–water partition coefficient (Wildman–Crippen LogP) is 10.3. The molecule has 0 spiro atoms. The number of benzene rings is 2. The molecule has 0 amide bonds. The minimum atomic E-state index is -0.763. The normalized spacial score (nSPS) is 19.5. The molecule has 0 bridgehead atoms. The lowest BCUT2D eigenvalue weighted by Crippen LogP contribution is -2.28. The third-order valence-electron chi connectivity index (χ3n) is 10.2. The van der Waals surface area contributed by atoms with Crippen LogP contribution in [0.15, 0.2) is 82.6 Å². The summed E-state index contributed by atoms with van der Waals surface area (Å²) >= 11 is 20.0. The SMILES string of the molecule is CC1(C)C(/C=C/C2=C(Cl)C(=C/C=C3/N(CCCCCC(=O)O)c4ccc(Cl)cc4C3(C)C)/COC2)=[N+](CCCCCC(=O)O)c2ccc(Cl)cc21. The molecule has 5 rings (SSSR count). The molecule has 272 valence electrons. The topological polar surface area (TPSA) is 90.1 Å². The van der Waals surface area contributed by atoms with Gasteiger partial charge in [0.2, 0.25) is 5.69 Å². The van der Waals surface area contributed by atoms with Crippen LogP contribution in [0.2, 0.25) is 10.0 Å². The van der Waals surface area contributed by atoms with Crippen molar-refractivity contribution in [3.05, 3.63) is 104 Å². The number of unbranched alkanes of at least 4 members (excludes halogenated alkanes) is 4. The highest BCUT2D eigenvalue weighted by atomic mass is 35.5. The number of fused-ring (bicyclic) bond motifs is 2. The van der Waals surface area contributed by atoms with E-state index in [9.17, 15) is 9.59 Å². The molecule has 0 fully saturated rings. The fourth-order valence-corrected chi connectivity index (χ4v) is 8.01. The van der Waals surface area contributed by atoms with Crippen LogP contribution < -0.4 is 4.90 Å². The molecular formula is C41H48Cl3N2O5+. The first-order chi connectivity index (χ1) is 24.2. The third-order valence-corrected chi connectivity index (χ3v) is 11.2. The first-order valence-corrected chi connectivity index (χ1v) is 18.9. The zero-order valence-electron chi connectivity index (χ0n) is 29.9. The zero-order valence-corrected chi connectivity index (χ0v) is 32.2. The summed E-state index contributed by atoms with van der Waals surface area (Å²) in [6, 6.07) is 12.0. The Morgan fingerprint density at radius 1 is 0.804 bits per heavy atom. The van der Waals surface area contributed by atoms with Gasteiger partial charge in [0.15, 0.2) is 5.71 Å². The van der Waals surface area contributed by atoms with Gasteiger partial charge in [0.25, 0.3) is 0 Å². The van der Waals surface area contributed by atoms with Gasteiger partial charge in [-0.15, -0.1) is 0 Å². The Bertz CT molecular complexity index is 1840. The van der Waals surface area contributed by atoms with Gasteiger partial charge < -0.3 is 19.8 Å². The summed E-state index contributed by atoms with van der Waals surface area (Å²) in [5.41, 5.74) is 7.93. The number of nitrogens with zero attached hydrogens (tertiary/aromatic N) is 2. The molecular weight excluding hydrogens is 707 g/mol. The molecule has 3 aliphatic heterocycles. The molecule has 0 aliphatic carbocycles. The Balaban J connectivity index is 1.43. The number of allylic oxidation sites excluding steroid dienone is 4. The number of anilines is 1. The smallest absolute Gasteiger partial charge is 0.303 e. The number of hydrogen-bond acceptors (Lipinski definition) is 4. The minimum Gasteiger partial charge on any atom is -0.481 e. The summed E-state index contributed by atoms with van der Waals surface area (Å²) < 4.78 is 8.40. The first-order valence-electron chi connectivity index (χ1n) is 17.7. The molecule has 0 atom stereocenters. The predicted molar refractivity (Wildman–Crippen MR) is 207 cm³/mol. The van der Waals surface area contributed by atoms with E-state index in [-0.39, 0.29) is 23.7 Å². The molecule has 0 unspecified atom stereocenters. The van der Waals surface area contributed by atoms with Crippen LogP contribution in [0.3, 0.4) is 0 Å². The standard InChI is InChI=1S/C41H47Cl3N2O5/c1-40(2)31-23-29(42)15-17-33(31)45(21-9-5-7-11-37(47)48)35(40)19-13-27-25-51-26-28(39(27)44)14-20-36-41(3,4)32-24-30(43)16-18-34(32)46(36)22-10-6-8-12-38(49)50/h13-20,23-24H,5-12,21-22,25-26H2,1-4H3,(H-,47,48,49,50)/p+1. The lowest BCUT2D eigenvalue weighted by molar-refractivity contribution is -0.438. The summed E-state index contributed by atoms with van der Waals surface area (Å²) in [4.78, 5) is 24.4. The molecule has 2 aromatic carbocycles. The Morgan fingerprint density at radius 2 is 1.45 bits per heavy atom. The Morgan fingerprint density at radius 3 is 2.14 bits per heavy atom. The van der Waals surface area contributed by atoms with Crippen LogP contribution in [0.4, 0.5) is 11.4 Å². The zero-order chi connectivity index (χ0) is 36.9. The van der Waals surface area contributed by atoms with E-state index in [1.54, 1.807) is 0 Å². The van der Waals surface area contributed by atoms with Crippen LogP contribution in [-0.2, 0) is 25.2 Å². The molecule has 2 N–H and O–H groups in total. The molecule has 7 nitrogen and oxygen atoms in total. The van der Waals surface area contributed by atoms with Gasteiger partial charge >= 0.3 is 11.9 Å². The number of hydrogen-bond donors (Lipinski definition) is 2. The summed E-state index contributed by atoms with van der Waals surface area (Å²) in [6.45, 7) is 11.1. The molecule has 0 saturated heterocycles. The molecule has 2 aromatic rings. The van der Waals surface area contributed by atoms with E-state index in [1.165, 1.54) is 0 Å². The molecule has 3 aliphatic rings. The number of carboxylic acids is 2. The third kappa shape index (κ3) is 8.82. The number of aliphatic carboxylic acids is 2. The molecule has 0 saturated carbocycles. The summed E-state index contributed by atoms with van der Waals surface area (Å²) in [5, 5.41) is 20.2. The van der Waals surface area contributed by atoms with Gasteiger partial charge in [0.05, 0.1) is 23.7 Å². The maximum atomic E-state index is 11.0. The fourth-order valence-electron chi connectivity index (χ4n) is 7.43. The largest absolute Gasteiger partial charge is 0.481 e.